The van der Waals surface area contributed by atoms with E-state index in [-0.39, 0.29) is 6.10 Å². The molecule has 1 aliphatic heterocycles. The second-order valence-electron chi connectivity index (χ2n) is 3.36. The molecule has 0 unspecified atom stereocenters. The van der Waals surface area contributed by atoms with E-state index in [0.29, 0.717) is 22.9 Å². The number of halogens is 1. The van der Waals surface area contributed by atoms with E-state index in [4.69, 9.17) is 26.3 Å². The largest absolute Gasteiger partial charge is 0.486 e. The molecule has 0 radical (unpaired) electrons. The lowest BCUT2D eigenvalue weighted by Crippen LogP contribution is -2.15. The summed E-state index contributed by atoms with van der Waals surface area (Å²) in [6, 6.07) is 7.04. The minimum Gasteiger partial charge on any atom is -0.486 e. The van der Waals surface area contributed by atoms with Crippen LogP contribution >= 0.6 is 11.6 Å². The zero-order valence-corrected chi connectivity index (χ0v) is 8.83. The molecule has 0 amide bonds. The Bertz CT molecular complexity index is 394. The Morgan fingerprint density at radius 3 is 3.00 bits per heavy atom. The second kappa shape index (κ2) is 4.52. The predicted molar refractivity (Wildman–Crippen MR) is 56.0 cm³/mol. The average molecular weight is 224 g/mol. The van der Waals surface area contributed by atoms with Crippen molar-refractivity contribution in [1.82, 2.24) is 0 Å². The molecule has 0 N–H and O–H groups in total. The third kappa shape index (κ3) is 2.41. The number of nitrogens with zero attached hydrogens (tertiary/aromatic N) is 1. The molecule has 0 aromatic heterocycles. The topological polar surface area (TPSA) is 42.2 Å². The molecule has 3 nitrogen and oxygen atoms in total. The van der Waals surface area contributed by atoms with Gasteiger partial charge in [-0.15, -0.1) is 0 Å². The highest BCUT2D eigenvalue weighted by atomic mass is 35.5. The van der Waals surface area contributed by atoms with Crippen LogP contribution in [0, 0.1) is 11.3 Å². The molecule has 0 bridgehead atoms. The van der Waals surface area contributed by atoms with Crippen LogP contribution in [0.25, 0.3) is 0 Å². The Morgan fingerprint density at radius 2 is 2.40 bits per heavy atom. The fourth-order valence-corrected chi connectivity index (χ4v) is 1.68. The second-order valence-corrected chi connectivity index (χ2v) is 3.77. The van der Waals surface area contributed by atoms with Crippen molar-refractivity contribution in [2.24, 2.45) is 0 Å². The predicted octanol–water partition coefficient (Wildman–Crippen LogP) is 2.38. The molecule has 4 heteroatoms. The van der Waals surface area contributed by atoms with Gasteiger partial charge in [-0.05, 0) is 18.2 Å². The number of ether oxygens (including phenoxy) is 2. The zero-order valence-electron chi connectivity index (χ0n) is 8.07. The Morgan fingerprint density at radius 1 is 1.53 bits per heavy atom. The number of benzene rings is 1. The van der Waals surface area contributed by atoms with Crippen LogP contribution in [0.1, 0.15) is 12.0 Å². The third-order valence-corrected chi connectivity index (χ3v) is 2.54. The molecule has 1 heterocycles. The summed E-state index contributed by atoms with van der Waals surface area (Å²) in [7, 11) is 0. The fraction of sp³-hybridized carbons (Fsp3) is 0.364. The van der Waals surface area contributed by atoms with E-state index >= 15 is 0 Å². The van der Waals surface area contributed by atoms with E-state index in [1.165, 1.54) is 0 Å². The van der Waals surface area contributed by atoms with Gasteiger partial charge in [0.15, 0.2) is 0 Å². The SMILES string of the molecule is N#Cc1ccc(O[C@@H]2CCOC2)c(Cl)c1. The summed E-state index contributed by atoms with van der Waals surface area (Å²) in [4.78, 5) is 0. The van der Waals surface area contributed by atoms with Gasteiger partial charge in [-0.25, -0.2) is 0 Å². The number of hydrogen-bond acceptors (Lipinski definition) is 3. The van der Waals surface area contributed by atoms with E-state index in [1.54, 1.807) is 18.2 Å². The van der Waals surface area contributed by atoms with Gasteiger partial charge in [0.05, 0.1) is 29.9 Å². The minimum absolute atomic E-state index is 0.0791. The molecule has 0 saturated carbocycles. The van der Waals surface area contributed by atoms with Crippen molar-refractivity contribution in [3.05, 3.63) is 28.8 Å². The molecule has 1 saturated heterocycles. The van der Waals surface area contributed by atoms with Crippen LogP contribution < -0.4 is 4.74 Å². The molecule has 1 aliphatic rings. The molecule has 2 rings (SSSR count). The van der Waals surface area contributed by atoms with Gasteiger partial charge in [-0.3, -0.25) is 0 Å². The summed E-state index contributed by atoms with van der Waals surface area (Å²) in [6.45, 7) is 1.34. The van der Waals surface area contributed by atoms with Crippen molar-refractivity contribution < 1.29 is 9.47 Å². The summed E-state index contributed by atoms with van der Waals surface area (Å²) in [5.74, 6) is 0.617. The first kappa shape index (κ1) is 10.3. The summed E-state index contributed by atoms with van der Waals surface area (Å²) < 4.78 is 10.8. The Hall–Kier alpha value is -1.24. The highest BCUT2D eigenvalue weighted by Crippen LogP contribution is 2.27. The van der Waals surface area contributed by atoms with Crippen LogP contribution in [0.5, 0.6) is 5.75 Å². The lowest BCUT2D eigenvalue weighted by Gasteiger charge is -2.12. The summed E-state index contributed by atoms with van der Waals surface area (Å²) in [6.07, 6.45) is 0.964. The highest BCUT2D eigenvalue weighted by Gasteiger charge is 2.18. The molecule has 1 atom stereocenters. The minimum atomic E-state index is 0.0791. The molecular weight excluding hydrogens is 214 g/mol. The van der Waals surface area contributed by atoms with Crippen molar-refractivity contribution in [2.45, 2.75) is 12.5 Å². The lowest BCUT2D eigenvalue weighted by molar-refractivity contribution is 0.141. The summed E-state index contributed by atoms with van der Waals surface area (Å²) >= 11 is 5.97. The van der Waals surface area contributed by atoms with E-state index < -0.39 is 0 Å². The number of nitriles is 1. The van der Waals surface area contributed by atoms with Crippen molar-refractivity contribution in [2.75, 3.05) is 13.2 Å². The Balaban J connectivity index is 2.11. The zero-order chi connectivity index (χ0) is 10.7. The molecule has 1 aromatic rings. The molecular formula is C11H10ClNO2. The quantitative estimate of drug-likeness (QED) is 0.773. The first-order chi connectivity index (χ1) is 7.29. The van der Waals surface area contributed by atoms with Gasteiger partial charge in [0.1, 0.15) is 11.9 Å². The van der Waals surface area contributed by atoms with Gasteiger partial charge >= 0.3 is 0 Å². The van der Waals surface area contributed by atoms with Gasteiger partial charge in [-0.2, -0.15) is 5.26 Å². The van der Waals surface area contributed by atoms with Crippen LogP contribution in [-0.2, 0) is 4.74 Å². The van der Waals surface area contributed by atoms with Crippen LogP contribution in [0.15, 0.2) is 18.2 Å². The Labute approximate surface area is 93.2 Å². The van der Waals surface area contributed by atoms with Gasteiger partial charge in [0, 0.05) is 6.42 Å². The van der Waals surface area contributed by atoms with Crippen molar-refractivity contribution in [3.63, 3.8) is 0 Å². The van der Waals surface area contributed by atoms with E-state index in [0.717, 1.165) is 13.0 Å². The third-order valence-electron chi connectivity index (χ3n) is 2.24. The first-order valence-corrected chi connectivity index (χ1v) is 5.11. The number of rotatable bonds is 2. The molecule has 78 valence electrons. The standard InChI is InChI=1S/C11H10ClNO2/c12-10-5-8(6-13)1-2-11(10)15-9-3-4-14-7-9/h1-2,5,9H,3-4,7H2/t9-/m1/s1. The van der Waals surface area contributed by atoms with E-state index in [1.807, 2.05) is 6.07 Å². The van der Waals surface area contributed by atoms with Crippen LogP contribution in [-0.4, -0.2) is 19.3 Å². The molecule has 0 aliphatic carbocycles. The molecule has 15 heavy (non-hydrogen) atoms. The lowest BCUT2D eigenvalue weighted by atomic mass is 10.2. The summed E-state index contributed by atoms with van der Waals surface area (Å²) in [5.41, 5.74) is 0.537. The van der Waals surface area contributed by atoms with Crippen LogP contribution in [0.4, 0.5) is 0 Å². The molecule has 1 aromatic carbocycles. The van der Waals surface area contributed by atoms with Gasteiger partial charge in [-0.1, -0.05) is 11.6 Å². The highest BCUT2D eigenvalue weighted by molar-refractivity contribution is 6.32. The fourth-order valence-electron chi connectivity index (χ4n) is 1.45. The normalized spacial score (nSPS) is 19.9. The van der Waals surface area contributed by atoms with Crippen LogP contribution in [0.2, 0.25) is 5.02 Å². The van der Waals surface area contributed by atoms with Gasteiger partial charge in [0.2, 0.25) is 0 Å². The van der Waals surface area contributed by atoms with E-state index in [9.17, 15) is 0 Å². The Kier molecular flexibility index (Phi) is 3.10. The summed E-state index contributed by atoms with van der Waals surface area (Å²) in [5, 5.41) is 9.14. The first-order valence-electron chi connectivity index (χ1n) is 4.73. The molecule has 0 spiro atoms. The van der Waals surface area contributed by atoms with E-state index in [2.05, 4.69) is 0 Å². The maximum Gasteiger partial charge on any atom is 0.138 e. The van der Waals surface area contributed by atoms with Gasteiger partial charge < -0.3 is 9.47 Å². The maximum absolute atomic E-state index is 8.67. The van der Waals surface area contributed by atoms with Crippen molar-refractivity contribution in [3.8, 4) is 11.8 Å². The van der Waals surface area contributed by atoms with Crippen molar-refractivity contribution >= 4 is 11.6 Å². The average Bonchev–Trinajstić information content (AvgIpc) is 2.74. The van der Waals surface area contributed by atoms with Gasteiger partial charge in [0.25, 0.3) is 0 Å². The van der Waals surface area contributed by atoms with Crippen LogP contribution in [0.3, 0.4) is 0 Å². The van der Waals surface area contributed by atoms with Crippen molar-refractivity contribution in [1.29, 1.82) is 5.26 Å². The number of hydrogen-bond donors (Lipinski definition) is 0. The molecule has 1 fully saturated rings. The maximum atomic E-state index is 8.67. The smallest absolute Gasteiger partial charge is 0.138 e. The monoisotopic (exact) mass is 223 g/mol.